The molecule has 18 heavy (non-hydrogen) atoms. The molecule has 0 amide bonds. The first-order valence-corrected chi connectivity index (χ1v) is 7.22. The van der Waals surface area contributed by atoms with Gasteiger partial charge in [0.25, 0.3) is 0 Å². The van der Waals surface area contributed by atoms with Gasteiger partial charge in [-0.3, -0.25) is 9.71 Å². The van der Waals surface area contributed by atoms with Gasteiger partial charge in [-0.05, 0) is 30.7 Å². The molecule has 0 spiro atoms. The number of aliphatic hydroxyl groups excluding tert-OH is 1. The lowest BCUT2D eigenvalue weighted by molar-refractivity contribution is 0.295. The van der Waals surface area contributed by atoms with E-state index in [-0.39, 0.29) is 18.8 Å². The predicted octanol–water partition coefficient (Wildman–Crippen LogP) is 1.36. The van der Waals surface area contributed by atoms with E-state index in [1.54, 1.807) is 30.5 Å². The van der Waals surface area contributed by atoms with Gasteiger partial charge in [-0.1, -0.05) is 6.07 Å². The Morgan fingerprint density at radius 1 is 1.28 bits per heavy atom. The summed E-state index contributed by atoms with van der Waals surface area (Å²) in [4.78, 5) is 4.16. The van der Waals surface area contributed by atoms with Crippen LogP contribution in [0.3, 0.4) is 0 Å². The Morgan fingerprint density at radius 3 is 2.89 bits per heavy atom. The molecule has 1 aromatic heterocycles. The molecule has 0 aliphatic heterocycles. The Hall–Kier alpha value is -1.66. The van der Waals surface area contributed by atoms with Gasteiger partial charge < -0.3 is 5.11 Å². The Bertz CT molecular complexity index is 641. The zero-order valence-corrected chi connectivity index (χ0v) is 10.5. The van der Waals surface area contributed by atoms with Crippen LogP contribution in [0.1, 0.15) is 6.42 Å². The fourth-order valence-corrected chi connectivity index (χ4v) is 2.72. The van der Waals surface area contributed by atoms with E-state index in [1.807, 2.05) is 6.07 Å². The van der Waals surface area contributed by atoms with Gasteiger partial charge in [0.15, 0.2) is 0 Å². The van der Waals surface area contributed by atoms with E-state index >= 15 is 0 Å². The second-order valence-corrected chi connectivity index (χ2v) is 5.75. The van der Waals surface area contributed by atoms with Crippen molar-refractivity contribution in [2.75, 3.05) is 17.1 Å². The normalized spacial score (nSPS) is 11.6. The Morgan fingerprint density at radius 2 is 2.11 bits per heavy atom. The van der Waals surface area contributed by atoms with Crippen LogP contribution in [0.25, 0.3) is 10.9 Å². The largest absolute Gasteiger partial charge is 0.396 e. The van der Waals surface area contributed by atoms with Crippen LogP contribution in [0.2, 0.25) is 0 Å². The third kappa shape index (κ3) is 3.18. The standard InChI is InChI=1S/C12H14N2O3S/c15-7-2-8-18(16,17)14-11-4-5-12-10(9-11)3-1-6-13-12/h1,3-6,9,14-15H,2,7-8H2. The van der Waals surface area contributed by atoms with Gasteiger partial charge in [0, 0.05) is 23.9 Å². The molecule has 0 fully saturated rings. The minimum Gasteiger partial charge on any atom is -0.396 e. The van der Waals surface area contributed by atoms with Crippen LogP contribution in [0, 0.1) is 0 Å². The molecule has 2 aromatic rings. The molecule has 0 bridgehead atoms. The molecule has 0 saturated heterocycles. The lowest BCUT2D eigenvalue weighted by atomic mass is 10.2. The number of aromatic nitrogens is 1. The minimum absolute atomic E-state index is 0.0887. The van der Waals surface area contributed by atoms with E-state index in [0.29, 0.717) is 5.69 Å². The summed E-state index contributed by atoms with van der Waals surface area (Å²) in [6.45, 7) is -0.136. The monoisotopic (exact) mass is 266 g/mol. The zero-order valence-electron chi connectivity index (χ0n) is 9.70. The van der Waals surface area contributed by atoms with E-state index in [2.05, 4.69) is 9.71 Å². The molecule has 96 valence electrons. The van der Waals surface area contributed by atoms with Crippen LogP contribution in [0.4, 0.5) is 5.69 Å². The first kappa shape index (κ1) is 12.8. The van der Waals surface area contributed by atoms with Crippen molar-refractivity contribution in [1.82, 2.24) is 4.98 Å². The Balaban J connectivity index is 2.22. The van der Waals surface area contributed by atoms with Crippen LogP contribution < -0.4 is 4.72 Å². The summed E-state index contributed by atoms with van der Waals surface area (Å²) in [5, 5.41) is 9.51. The van der Waals surface area contributed by atoms with Gasteiger partial charge >= 0.3 is 0 Å². The third-order valence-electron chi connectivity index (χ3n) is 2.45. The molecule has 0 aliphatic rings. The number of aliphatic hydroxyl groups is 1. The molecule has 0 saturated carbocycles. The lowest BCUT2D eigenvalue weighted by Crippen LogP contribution is -2.17. The summed E-state index contributed by atoms with van der Waals surface area (Å²) in [6.07, 6.45) is 1.91. The van der Waals surface area contributed by atoms with Crippen LogP contribution in [-0.2, 0) is 10.0 Å². The fraction of sp³-hybridized carbons (Fsp3) is 0.250. The molecule has 2 N–H and O–H groups in total. The number of fused-ring (bicyclic) bond motifs is 1. The molecule has 0 atom stereocenters. The molecule has 1 aromatic carbocycles. The number of pyridine rings is 1. The SMILES string of the molecule is O=S(=O)(CCCO)Nc1ccc2ncccc2c1. The fourth-order valence-electron chi connectivity index (χ4n) is 1.62. The average molecular weight is 266 g/mol. The number of benzene rings is 1. The van der Waals surface area contributed by atoms with Crippen LogP contribution in [0.5, 0.6) is 0 Å². The number of anilines is 1. The summed E-state index contributed by atoms with van der Waals surface area (Å²) < 4.78 is 25.8. The van der Waals surface area contributed by atoms with Crippen LogP contribution in [-0.4, -0.2) is 30.9 Å². The van der Waals surface area contributed by atoms with E-state index in [9.17, 15) is 8.42 Å². The first-order valence-electron chi connectivity index (χ1n) is 5.57. The maximum atomic E-state index is 11.7. The molecule has 6 heteroatoms. The van der Waals surface area contributed by atoms with Gasteiger partial charge in [0.2, 0.25) is 10.0 Å². The molecule has 2 rings (SSSR count). The van der Waals surface area contributed by atoms with E-state index in [0.717, 1.165) is 10.9 Å². The quantitative estimate of drug-likeness (QED) is 0.856. The van der Waals surface area contributed by atoms with Gasteiger partial charge in [0.05, 0.1) is 11.3 Å². The van der Waals surface area contributed by atoms with Crippen molar-refractivity contribution in [3.8, 4) is 0 Å². The smallest absolute Gasteiger partial charge is 0.232 e. The summed E-state index contributed by atoms with van der Waals surface area (Å²) >= 11 is 0. The van der Waals surface area contributed by atoms with Crippen molar-refractivity contribution in [3.05, 3.63) is 36.5 Å². The van der Waals surface area contributed by atoms with Crippen molar-refractivity contribution < 1.29 is 13.5 Å². The minimum atomic E-state index is -3.40. The van der Waals surface area contributed by atoms with Crippen LogP contribution >= 0.6 is 0 Å². The van der Waals surface area contributed by atoms with Crippen LogP contribution in [0.15, 0.2) is 36.5 Å². The number of nitrogens with one attached hydrogen (secondary N) is 1. The highest BCUT2D eigenvalue weighted by Gasteiger charge is 2.09. The van der Waals surface area contributed by atoms with E-state index < -0.39 is 10.0 Å². The van der Waals surface area contributed by atoms with Gasteiger partial charge in [-0.15, -0.1) is 0 Å². The number of sulfonamides is 1. The van der Waals surface area contributed by atoms with Crippen molar-refractivity contribution in [1.29, 1.82) is 0 Å². The summed E-state index contributed by atoms with van der Waals surface area (Å²) in [5.74, 6) is -0.0887. The van der Waals surface area contributed by atoms with Gasteiger partial charge in [-0.2, -0.15) is 0 Å². The van der Waals surface area contributed by atoms with E-state index in [4.69, 9.17) is 5.11 Å². The first-order chi connectivity index (χ1) is 8.61. The van der Waals surface area contributed by atoms with Crippen molar-refractivity contribution in [2.45, 2.75) is 6.42 Å². The Labute approximate surface area is 106 Å². The maximum Gasteiger partial charge on any atom is 0.232 e. The highest BCUT2D eigenvalue weighted by Crippen LogP contribution is 2.18. The number of rotatable bonds is 5. The second-order valence-electron chi connectivity index (χ2n) is 3.91. The van der Waals surface area contributed by atoms with E-state index in [1.165, 1.54) is 0 Å². The predicted molar refractivity (Wildman–Crippen MR) is 70.9 cm³/mol. The highest BCUT2D eigenvalue weighted by atomic mass is 32.2. The molecule has 5 nitrogen and oxygen atoms in total. The van der Waals surface area contributed by atoms with Crippen molar-refractivity contribution in [2.24, 2.45) is 0 Å². The number of nitrogens with zero attached hydrogens (tertiary/aromatic N) is 1. The highest BCUT2D eigenvalue weighted by molar-refractivity contribution is 7.92. The van der Waals surface area contributed by atoms with Crippen molar-refractivity contribution >= 4 is 26.6 Å². The third-order valence-corrected chi connectivity index (χ3v) is 3.82. The summed E-state index contributed by atoms with van der Waals surface area (Å²) in [6, 6.07) is 8.84. The molecule has 0 unspecified atom stereocenters. The summed E-state index contributed by atoms with van der Waals surface area (Å²) in [5.41, 5.74) is 1.32. The average Bonchev–Trinajstić information content (AvgIpc) is 2.36. The molecule has 0 aliphatic carbocycles. The number of hydrogen-bond donors (Lipinski definition) is 2. The molecular formula is C12H14N2O3S. The number of hydrogen-bond acceptors (Lipinski definition) is 4. The zero-order chi connectivity index (χ0) is 13.0. The van der Waals surface area contributed by atoms with Crippen molar-refractivity contribution in [3.63, 3.8) is 0 Å². The molecule has 0 radical (unpaired) electrons. The summed E-state index contributed by atoms with van der Waals surface area (Å²) in [7, 11) is -3.40. The van der Waals surface area contributed by atoms with Gasteiger partial charge in [0.1, 0.15) is 0 Å². The maximum absolute atomic E-state index is 11.7. The van der Waals surface area contributed by atoms with Gasteiger partial charge in [-0.25, -0.2) is 8.42 Å². The second kappa shape index (κ2) is 5.32. The lowest BCUT2D eigenvalue weighted by Gasteiger charge is -2.08. The molecular weight excluding hydrogens is 252 g/mol. The molecule has 1 heterocycles. The topological polar surface area (TPSA) is 79.3 Å². The Kier molecular flexibility index (Phi) is 3.78.